The Morgan fingerprint density at radius 1 is 1.31 bits per heavy atom. The average molecular weight is 287 g/mol. The van der Waals surface area contributed by atoms with Crippen LogP contribution >= 0.6 is 15.9 Å². The molecule has 90 valence electrons. The van der Waals surface area contributed by atoms with Crippen molar-refractivity contribution in [2.75, 3.05) is 33.2 Å². The molecule has 0 saturated carbocycles. The molecule has 0 atom stereocenters. The van der Waals surface area contributed by atoms with Crippen molar-refractivity contribution in [3.05, 3.63) is 16.6 Å². The van der Waals surface area contributed by atoms with Crippen LogP contribution in [0.3, 0.4) is 0 Å². The lowest BCUT2D eigenvalue weighted by atomic mass is 10.3. The predicted molar refractivity (Wildman–Crippen MR) is 68.4 cm³/mol. The molecule has 5 heteroatoms. The maximum Gasteiger partial charge on any atom is 0.177 e. The van der Waals surface area contributed by atoms with Gasteiger partial charge in [0.1, 0.15) is 0 Å². The molecule has 1 fully saturated rings. The van der Waals surface area contributed by atoms with E-state index in [0.717, 1.165) is 44.0 Å². The topological polar surface area (TPSA) is 24.3 Å². The van der Waals surface area contributed by atoms with Gasteiger partial charge in [-0.1, -0.05) is 0 Å². The number of likely N-dealkylation sites (N-methyl/N-ethyl adjacent to an activating group) is 1. The smallest absolute Gasteiger partial charge is 0.177 e. The van der Waals surface area contributed by atoms with Crippen molar-refractivity contribution in [1.29, 1.82) is 0 Å². The summed E-state index contributed by atoms with van der Waals surface area (Å²) in [5.74, 6) is 0. The number of hydrogen-bond donors (Lipinski definition) is 0. The SMILES string of the molecule is CCn1cc(CN2CCN(C)CC2)nc1Br. The Balaban J connectivity index is 1.93. The summed E-state index contributed by atoms with van der Waals surface area (Å²) in [6.45, 7) is 8.69. The fourth-order valence-corrected chi connectivity index (χ4v) is 2.56. The highest BCUT2D eigenvalue weighted by atomic mass is 79.9. The van der Waals surface area contributed by atoms with Crippen LogP contribution in [0.4, 0.5) is 0 Å². The zero-order valence-corrected chi connectivity index (χ0v) is 11.6. The van der Waals surface area contributed by atoms with Crippen LogP contribution in [0.25, 0.3) is 0 Å². The van der Waals surface area contributed by atoms with Crippen molar-refractivity contribution in [3.8, 4) is 0 Å². The minimum atomic E-state index is 0.944. The molecular weight excluding hydrogens is 268 g/mol. The van der Waals surface area contributed by atoms with Crippen molar-refractivity contribution in [1.82, 2.24) is 19.4 Å². The lowest BCUT2D eigenvalue weighted by Gasteiger charge is -2.31. The third-order valence-electron chi connectivity index (χ3n) is 3.10. The van der Waals surface area contributed by atoms with Crippen molar-refractivity contribution in [3.63, 3.8) is 0 Å². The number of aromatic nitrogens is 2. The highest BCUT2D eigenvalue weighted by Crippen LogP contribution is 2.12. The Hall–Kier alpha value is -0.390. The monoisotopic (exact) mass is 286 g/mol. The van der Waals surface area contributed by atoms with E-state index in [1.54, 1.807) is 0 Å². The van der Waals surface area contributed by atoms with Gasteiger partial charge in [-0.3, -0.25) is 4.90 Å². The van der Waals surface area contributed by atoms with Crippen molar-refractivity contribution < 1.29 is 0 Å². The first-order chi connectivity index (χ1) is 7.69. The molecule has 0 unspecified atom stereocenters. The third-order valence-corrected chi connectivity index (χ3v) is 3.73. The summed E-state index contributed by atoms with van der Waals surface area (Å²) in [4.78, 5) is 9.36. The van der Waals surface area contributed by atoms with Crippen LogP contribution in [0, 0.1) is 0 Å². The minimum Gasteiger partial charge on any atom is -0.326 e. The van der Waals surface area contributed by atoms with Crippen LogP contribution in [0.15, 0.2) is 10.9 Å². The molecule has 1 saturated heterocycles. The third kappa shape index (κ3) is 2.84. The summed E-state index contributed by atoms with van der Waals surface area (Å²) in [5.41, 5.74) is 1.17. The van der Waals surface area contributed by atoms with Gasteiger partial charge >= 0.3 is 0 Å². The van der Waals surface area contributed by atoms with Gasteiger partial charge in [-0.25, -0.2) is 4.98 Å². The molecule has 2 heterocycles. The molecule has 0 spiro atoms. The van der Waals surface area contributed by atoms with E-state index >= 15 is 0 Å². The predicted octanol–water partition coefficient (Wildman–Crippen LogP) is 1.41. The molecule has 1 aliphatic heterocycles. The van der Waals surface area contributed by atoms with Crippen LogP contribution in [0.1, 0.15) is 12.6 Å². The van der Waals surface area contributed by atoms with Gasteiger partial charge in [0.15, 0.2) is 4.73 Å². The summed E-state index contributed by atoms with van der Waals surface area (Å²) in [6, 6.07) is 0. The zero-order valence-electron chi connectivity index (χ0n) is 9.99. The quantitative estimate of drug-likeness (QED) is 0.840. The second-order valence-corrected chi connectivity index (χ2v) is 5.08. The summed E-state index contributed by atoms with van der Waals surface area (Å²) < 4.78 is 3.07. The number of halogens is 1. The number of nitrogens with zero attached hydrogens (tertiary/aromatic N) is 4. The number of piperazine rings is 1. The molecule has 0 N–H and O–H groups in total. The molecule has 0 aliphatic carbocycles. The molecule has 4 nitrogen and oxygen atoms in total. The lowest BCUT2D eigenvalue weighted by molar-refractivity contribution is 0.147. The van der Waals surface area contributed by atoms with Crippen LogP contribution in [0.5, 0.6) is 0 Å². The highest BCUT2D eigenvalue weighted by Gasteiger charge is 2.15. The van der Waals surface area contributed by atoms with Gasteiger partial charge in [-0.15, -0.1) is 0 Å². The van der Waals surface area contributed by atoms with Crippen LogP contribution < -0.4 is 0 Å². The number of aryl methyl sites for hydroxylation is 1. The second kappa shape index (κ2) is 5.29. The molecule has 16 heavy (non-hydrogen) atoms. The van der Waals surface area contributed by atoms with Gasteiger partial charge in [0, 0.05) is 45.5 Å². The molecule has 0 bridgehead atoms. The van der Waals surface area contributed by atoms with Gasteiger partial charge in [0.25, 0.3) is 0 Å². The van der Waals surface area contributed by atoms with E-state index in [-0.39, 0.29) is 0 Å². The van der Waals surface area contributed by atoms with Gasteiger partial charge in [0.05, 0.1) is 5.69 Å². The summed E-state index contributed by atoms with van der Waals surface area (Å²) in [7, 11) is 2.18. The maximum absolute atomic E-state index is 4.52. The van der Waals surface area contributed by atoms with E-state index in [0.29, 0.717) is 0 Å². The lowest BCUT2D eigenvalue weighted by Crippen LogP contribution is -2.43. The molecule has 0 aromatic carbocycles. The van der Waals surface area contributed by atoms with Crippen LogP contribution in [-0.4, -0.2) is 52.6 Å². The first kappa shape index (κ1) is 12.1. The first-order valence-electron chi connectivity index (χ1n) is 5.81. The van der Waals surface area contributed by atoms with Crippen LogP contribution in [0.2, 0.25) is 0 Å². The average Bonchev–Trinajstić information content (AvgIpc) is 2.62. The Kier molecular flexibility index (Phi) is 4.00. The van der Waals surface area contributed by atoms with Gasteiger partial charge in [-0.2, -0.15) is 0 Å². The summed E-state index contributed by atoms with van der Waals surface area (Å²) in [6.07, 6.45) is 2.14. The standard InChI is InChI=1S/C11H19BrN4/c1-3-16-9-10(13-11(16)12)8-15-6-4-14(2)5-7-15/h9H,3-8H2,1-2H3. The van der Waals surface area contributed by atoms with Gasteiger partial charge in [0.2, 0.25) is 0 Å². The fraction of sp³-hybridized carbons (Fsp3) is 0.727. The van der Waals surface area contributed by atoms with Crippen LogP contribution in [-0.2, 0) is 13.1 Å². The zero-order chi connectivity index (χ0) is 11.5. The molecule has 1 aromatic rings. The van der Waals surface area contributed by atoms with E-state index in [2.05, 4.69) is 55.4 Å². The molecule has 1 aromatic heterocycles. The second-order valence-electron chi connectivity index (χ2n) is 4.37. The Morgan fingerprint density at radius 3 is 2.56 bits per heavy atom. The molecular formula is C11H19BrN4. The number of rotatable bonds is 3. The normalized spacial score (nSPS) is 19.2. The van der Waals surface area contributed by atoms with E-state index in [1.807, 2.05) is 0 Å². The Labute approximate surface area is 105 Å². The van der Waals surface area contributed by atoms with Crippen molar-refractivity contribution in [2.45, 2.75) is 20.0 Å². The molecule has 2 rings (SSSR count). The van der Waals surface area contributed by atoms with E-state index in [4.69, 9.17) is 0 Å². The van der Waals surface area contributed by atoms with Crippen molar-refractivity contribution in [2.24, 2.45) is 0 Å². The Morgan fingerprint density at radius 2 is 2.00 bits per heavy atom. The van der Waals surface area contributed by atoms with Gasteiger partial charge in [-0.05, 0) is 29.9 Å². The maximum atomic E-state index is 4.52. The summed E-state index contributed by atoms with van der Waals surface area (Å²) >= 11 is 3.48. The number of imidazole rings is 1. The largest absolute Gasteiger partial charge is 0.326 e. The van der Waals surface area contributed by atoms with Gasteiger partial charge < -0.3 is 9.47 Å². The van der Waals surface area contributed by atoms with E-state index in [9.17, 15) is 0 Å². The molecule has 1 aliphatic rings. The molecule has 0 radical (unpaired) electrons. The highest BCUT2D eigenvalue weighted by molar-refractivity contribution is 9.10. The minimum absolute atomic E-state index is 0.944. The molecule has 0 amide bonds. The number of hydrogen-bond acceptors (Lipinski definition) is 3. The fourth-order valence-electron chi connectivity index (χ4n) is 1.98. The van der Waals surface area contributed by atoms with E-state index in [1.165, 1.54) is 5.69 Å². The van der Waals surface area contributed by atoms with Crippen molar-refractivity contribution >= 4 is 15.9 Å². The Bertz CT molecular complexity index is 342. The summed E-state index contributed by atoms with van der Waals surface area (Å²) in [5, 5.41) is 0. The first-order valence-corrected chi connectivity index (χ1v) is 6.60. The van der Waals surface area contributed by atoms with E-state index < -0.39 is 0 Å².